The molecule has 0 radical (unpaired) electrons. The van der Waals surface area contributed by atoms with E-state index in [1.54, 1.807) is 52.5 Å². The Labute approximate surface area is 249 Å². The summed E-state index contributed by atoms with van der Waals surface area (Å²) in [5.74, 6) is -1.24. The molecule has 12 heteroatoms. The Hall–Kier alpha value is -3.60. The smallest absolute Gasteiger partial charge is 0.337 e. The third-order valence-corrected chi connectivity index (χ3v) is 7.41. The number of hydrogen-bond acceptors (Lipinski definition) is 7. The van der Waals surface area contributed by atoms with Crippen LogP contribution in [0, 0.1) is 19.7 Å². The minimum Gasteiger partial charge on any atom is -0.490 e. The summed E-state index contributed by atoms with van der Waals surface area (Å²) in [5.41, 5.74) is 12.0. The number of amides is 1. The van der Waals surface area contributed by atoms with E-state index in [0.29, 0.717) is 65.1 Å². The molecule has 10 nitrogen and oxygen atoms in total. The Morgan fingerprint density at radius 2 is 2.10 bits per heavy atom. The number of hydrogen-bond donors (Lipinski definition) is 2. The van der Waals surface area contributed by atoms with Gasteiger partial charge in [0.15, 0.2) is 17.7 Å². The fourth-order valence-corrected chi connectivity index (χ4v) is 5.26. The van der Waals surface area contributed by atoms with E-state index in [-0.39, 0.29) is 29.5 Å². The number of benzene rings is 1. The van der Waals surface area contributed by atoms with Crippen molar-refractivity contribution in [2.24, 2.45) is 5.11 Å². The average Bonchev–Trinajstić information content (AvgIpc) is 2.93. The van der Waals surface area contributed by atoms with Gasteiger partial charge in [0.1, 0.15) is 0 Å². The number of nitrogens with zero attached hydrogens (tertiary/aromatic N) is 4. The number of carboxylic acid groups (broad SMARTS) is 1. The molecule has 1 aliphatic rings. The lowest BCUT2D eigenvalue weighted by molar-refractivity contribution is -0.160. The second-order valence-corrected chi connectivity index (χ2v) is 12.0. The zero-order valence-corrected chi connectivity index (χ0v) is 25.9. The summed E-state index contributed by atoms with van der Waals surface area (Å²) in [6.45, 7) is 11.0. The van der Waals surface area contributed by atoms with Gasteiger partial charge in [0.05, 0.1) is 24.4 Å². The highest BCUT2D eigenvalue weighted by Gasteiger charge is 2.35. The molecule has 0 spiro atoms. The molecule has 42 heavy (non-hydrogen) atoms. The van der Waals surface area contributed by atoms with Crippen LogP contribution in [0.15, 0.2) is 16.8 Å². The van der Waals surface area contributed by atoms with Crippen LogP contribution < -0.4 is 10.1 Å². The Morgan fingerprint density at radius 1 is 1.38 bits per heavy atom. The number of pyridine rings is 1. The summed E-state index contributed by atoms with van der Waals surface area (Å²) in [5, 5.41) is 17.0. The monoisotopic (exact) mass is 599 g/mol. The second-order valence-electron chi connectivity index (χ2n) is 11.1. The summed E-state index contributed by atoms with van der Waals surface area (Å²) in [4.78, 5) is 33.3. The second kappa shape index (κ2) is 14.0. The number of nitrogens with one attached hydrogen (secondary N) is 1. The highest BCUT2D eigenvalue weighted by molar-refractivity contribution is 7.98. The third kappa shape index (κ3) is 7.61. The Bertz CT molecular complexity index is 1450. The van der Waals surface area contributed by atoms with Crippen molar-refractivity contribution in [3.05, 3.63) is 61.5 Å². The lowest BCUT2D eigenvalue weighted by Gasteiger charge is -2.30. The predicted octanol–water partition coefficient (Wildman–Crippen LogP) is 6.46. The highest BCUT2D eigenvalue weighted by atomic mass is 32.2. The first kappa shape index (κ1) is 32.9. The van der Waals surface area contributed by atoms with Gasteiger partial charge in [-0.25, -0.2) is 9.18 Å². The number of carboxylic acids is 1. The van der Waals surface area contributed by atoms with Crippen LogP contribution in [0.5, 0.6) is 5.75 Å². The lowest BCUT2D eigenvalue weighted by atomic mass is 9.84. The van der Waals surface area contributed by atoms with E-state index in [1.807, 2.05) is 13.2 Å². The van der Waals surface area contributed by atoms with Crippen LogP contribution >= 0.6 is 11.8 Å². The first-order valence-corrected chi connectivity index (χ1v) is 15.1. The quantitative estimate of drug-likeness (QED) is 0.0990. The molecule has 2 heterocycles. The number of carbonyl (C=O) groups excluding carboxylic acids is 1. The number of carbonyl (C=O) groups is 2. The van der Waals surface area contributed by atoms with E-state index in [4.69, 9.17) is 15.0 Å². The van der Waals surface area contributed by atoms with Crippen LogP contribution in [0.2, 0.25) is 0 Å². The molecule has 1 aromatic heterocycles. The van der Waals surface area contributed by atoms with E-state index in [0.717, 1.165) is 5.75 Å². The van der Waals surface area contributed by atoms with Gasteiger partial charge in [-0.05, 0) is 95.0 Å². The van der Waals surface area contributed by atoms with Crippen molar-refractivity contribution in [2.45, 2.75) is 72.6 Å². The van der Waals surface area contributed by atoms with Crippen LogP contribution in [-0.4, -0.2) is 52.7 Å². The molecule has 1 atom stereocenters. The minimum atomic E-state index is -1.55. The molecule has 0 unspecified atom stereocenters. The number of aryl methyl sites for hydroxylation is 1. The van der Waals surface area contributed by atoms with Crippen molar-refractivity contribution < 1.29 is 28.6 Å². The van der Waals surface area contributed by atoms with Gasteiger partial charge < -0.3 is 19.9 Å². The highest BCUT2D eigenvalue weighted by Crippen LogP contribution is 2.44. The number of aromatic nitrogens is 1. The number of halogens is 1. The maximum Gasteiger partial charge on any atom is 0.337 e. The maximum absolute atomic E-state index is 15.6. The topological polar surface area (TPSA) is 147 Å². The van der Waals surface area contributed by atoms with Crippen LogP contribution in [0.4, 0.5) is 4.39 Å². The summed E-state index contributed by atoms with van der Waals surface area (Å²) < 4.78 is 27.3. The van der Waals surface area contributed by atoms with Crippen molar-refractivity contribution >= 4 is 29.7 Å². The molecule has 1 amide bonds. The van der Waals surface area contributed by atoms with Crippen LogP contribution in [0.3, 0.4) is 0 Å². The van der Waals surface area contributed by atoms with E-state index >= 15 is 4.39 Å². The van der Waals surface area contributed by atoms with Crippen molar-refractivity contribution in [3.8, 4) is 16.9 Å². The molecular weight excluding hydrogens is 561 g/mol. The first-order chi connectivity index (χ1) is 19.8. The molecular formula is C30H38FN5O5S. The molecule has 226 valence electrons. The molecule has 0 saturated heterocycles. The van der Waals surface area contributed by atoms with Crippen molar-refractivity contribution in [2.75, 3.05) is 25.2 Å². The first-order valence-electron chi connectivity index (χ1n) is 13.7. The predicted molar refractivity (Wildman–Crippen MR) is 162 cm³/mol. The lowest BCUT2D eigenvalue weighted by Crippen LogP contribution is -2.29. The maximum atomic E-state index is 15.6. The third-order valence-electron chi connectivity index (χ3n) is 6.80. The number of rotatable bonds is 11. The van der Waals surface area contributed by atoms with Gasteiger partial charge in [0.25, 0.3) is 0 Å². The van der Waals surface area contributed by atoms with Gasteiger partial charge in [0, 0.05) is 45.2 Å². The van der Waals surface area contributed by atoms with Gasteiger partial charge in [-0.3, -0.25) is 9.78 Å². The fraction of sp³-hybridized carbons (Fsp3) is 0.500. The molecule has 0 fully saturated rings. The van der Waals surface area contributed by atoms with Crippen LogP contribution in [-0.2, 0) is 27.3 Å². The Kier molecular flexibility index (Phi) is 11.0. The normalized spacial score (nSPS) is 14.0. The molecule has 1 aliphatic heterocycles. The molecule has 2 N–H and O–H groups in total. The summed E-state index contributed by atoms with van der Waals surface area (Å²) >= 11 is 1.60. The zero-order valence-electron chi connectivity index (χ0n) is 25.1. The minimum absolute atomic E-state index is 0.136. The standard InChI is InChI=1S/C30H38FN5O5S/c1-16(28(37)33-10-12-42-7)13-21-18(3)35-23(15-34-36-32)25(27(29(38)39)41-30(4,5)6)24(21)20-14-22(31)26-19(17(20)2)9-8-11-40-26/h13-14,27H,8-12,15H2,1-7H3,(H,33,37)(H,38,39)/b16-13+/t27-/m0/s1. The number of azide groups is 1. The zero-order chi connectivity index (χ0) is 31.2. The van der Waals surface area contributed by atoms with Crippen LogP contribution in [0.25, 0.3) is 27.6 Å². The molecule has 3 rings (SSSR count). The van der Waals surface area contributed by atoms with E-state index < -0.39 is 23.5 Å². The van der Waals surface area contributed by atoms with Gasteiger partial charge >= 0.3 is 5.97 Å². The largest absolute Gasteiger partial charge is 0.490 e. The summed E-state index contributed by atoms with van der Waals surface area (Å²) in [7, 11) is 0. The molecule has 0 aliphatic carbocycles. The number of ether oxygens (including phenoxy) is 2. The van der Waals surface area contributed by atoms with Crippen molar-refractivity contribution in [1.82, 2.24) is 10.3 Å². The van der Waals surface area contributed by atoms with Crippen molar-refractivity contribution in [3.63, 3.8) is 0 Å². The SMILES string of the molecule is CSCCNC(=O)/C(C)=C/c1c(C)nc(CN=[N+]=[N-])c([C@H](OC(C)(C)C)C(=O)O)c1-c1cc(F)c2c(c1C)CCCO2. The van der Waals surface area contributed by atoms with Gasteiger partial charge in [-0.15, -0.1) is 0 Å². The Balaban J connectivity index is 2.49. The van der Waals surface area contributed by atoms with E-state index in [2.05, 4.69) is 20.3 Å². The van der Waals surface area contributed by atoms with E-state index in [9.17, 15) is 14.7 Å². The molecule has 1 aromatic carbocycles. The number of fused-ring (bicyclic) bond motifs is 1. The van der Waals surface area contributed by atoms with E-state index in [1.165, 1.54) is 6.07 Å². The van der Waals surface area contributed by atoms with Crippen molar-refractivity contribution in [1.29, 1.82) is 0 Å². The Morgan fingerprint density at radius 3 is 2.71 bits per heavy atom. The molecule has 2 aromatic rings. The summed E-state index contributed by atoms with van der Waals surface area (Å²) in [6, 6.07) is 1.33. The molecule has 0 bridgehead atoms. The van der Waals surface area contributed by atoms with Gasteiger partial charge in [0.2, 0.25) is 5.91 Å². The number of aliphatic carboxylic acids is 1. The fourth-order valence-electron chi connectivity index (χ4n) is 4.95. The van der Waals surface area contributed by atoms with Crippen LogP contribution in [0.1, 0.15) is 73.9 Å². The molecule has 0 saturated carbocycles. The number of thioether (sulfide) groups is 1. The van der Waals surface area contributed by atoms with Gasteiger partial charge in [-0.2, -0.15) is 11.8 Å². The average molecular weight is 600 g/mol. The van der Waals surface area contributed by atoms with Gasteiger partial charge in [-0.1, -0.05) is 5.11 Å². The summed E-state index contributed by atoms with van der Waals surface area (Å²) in [6.07, 6.45) is 3.32.